The Balaban J connectivity index is 1.91. The molecule has 0 spiro atoms. The molecule has 0 aromatic heterocycles. The molecule has 0 unspecified atom stereocenters. The van der Waals surface area contributed by atoms with E-state index >= 15 is 0 Å². The van der Waals surface area contributed by atoms with E-state index in [0.717, 1.165) is 31.4 Å². The number of nitrogens with two attached hydrogens (primary N) is 1. The van der Waals surface area contributed by atoms with Gasteiger partial charge in [0.15, 0.2) is 6.10 Å². The summed E-state index contributed by atoms with van der Waals surface area (Å²) in [5.74, 6) is 0.319. The Bertz CT molecular complexity index is 507. The number of primary amides is 1. The van der Waals surface area contributed by atoms with Crippen molar-refractivity contribution in [3.05, 3.63) is 24.3 Å². The smallest absolute Gasteiger partial charge is 0.258 e. The number of nitrogens with one attached hydrogen (secondary N) is 1. The number of carbonyl (C=O) groups excluding carboxylic acids is 2. The van der Waals surface area contributed by atoms with Gasteiger partial charge in [0.05, 0.1) is 0 Å². The summed E-state index contributed by atoms with van der Waals surface area (Å²) in [5.41, 5.74) is 6.00. The number of hydrogen-bond acceptors (Lipinski definition) is 3. The highest BCUT2D eigenvalue weighted by atomic mass is 16.5. The SMILES string of the molecule is CC[C@H](Oc1ccc(NC(=O)C2CCCCC2)cc1)C(N)=O. The van der Waals surface area contributed by atoms with Gasteiger partial charge in [-0.2, -0.15) is 0 Å². The molecular weight excluding hydrogens is 280 g/mol. The molecular formula is C17H24N2O3. The molecule has 0 saturated heterocycles. The van der Waals surface area contributed by atoms with Gasteiger partial charge in [0.2, 0.25) is 5.91 Å². The summed E-state index contributed by atoms with van der Waals surface area (Å²) in [7, 11) is 0. The van der Waals surface area contributed by atoms with Crippen LogP contribution < -0.4 is 15.8 Å². The van der Waals surface area contributed by atoms with Crippen molar-refractivity contribution >= 4 is 17.5 Å². The maximum Gasteiger partial charge on any atom is 0.258 e. The minimum Gasteiger partial charge on any atom is -0.481 e. The zero-order chi connectivity index (χ0) is 15.9. The highest BCUT2D eigenvalue weighted by Crippen LogP contribution is 2.25. The molecule has 5 nitrogen and oxygen atoms in total. The maximum absolute atomic E-state index is 12.2. The average Bonchev–Trinajstić information content (AvgIpc) is 2.54. The molecule has 2 rings (SSSR count). The Labute approximate surface area is 131 Å². The summed E-state index contributed by atoms with van der Waals surface area (Å²) in [6.45, 7) is 1.84. The van der Waals surface area contributed by atoms with E-state index in [1.807, 2.05) is 6.92 Å². The number of ether oxygens (including phenoxy) is 1. The van der Waals surface area contributed by atoms with Crippen LogP contribution in [-0.4, -0.2) is 17.9 Å². The first-order valence-electron chi connectivity index (χ1n) is 7.97. The van der Waals surface area contributed by atoms with Crippen molar-refractivity contribution in [3.8, 4) is 5.75 Å². The monoisotopic (exact) mass is 304 g/mol. The summed E-state index contributed by atoms with van der Waals surface area (Å²) in [6.07, 6.45) is 5.35. The van der Waals surface area contributed by atoms with Gasteiger partial charge in [0.1, 0.15) is 5.75 Å². The van der Waals surface area contributed by atoms with E-state index in [4.69, 9.17) is 10.5 Å². The predicted octanol–water partition coefficient (Wildman–Crippen LogP) is 2.85. The van der Waals surface area contributed by atoms with Crippen LogP contribution in [0.1, 0.15) is 45.4 Å². The molecule has 120 valence electrons. The predicted molar refractivity (Wildman–Crippen MR) is 85.5 cm³/mol. The lowest BCUT2D eigenvalue weighted by Gasteiger charge is -2.21. The Hall–Kier alpha value is -2.04. The second kappa shape index (κ2) is 7.82. The van der Waals surface area contributed by atoms with Gasteiger partial charge >= 0.3 is 0 Å². The van der Waals surface area contributed by atoms with Crippen LogP contribution in [0.25, 0.3) is 0 Å². The van der Waals surface area contributed by atoms with E-state index in [9.17, 15) is 9.59 Å². The van der Waals surface area contributed by atoms with E-state index in [0.29, 0.717) is 12.2 Å². The molecule has 1 aromatic carbocycles. The molecule has 0 bridgehead atoms. The first kappa shape index (κ1) is 16.3. The molecule has 22 heavy (non-hydrogen) atoms. The lowest BCUT2D eigenvalue weighted by Crippen LogP contribution is -2.32. The lowest BCUT2D eigenvalue weighted by atomic mass is 9.88. The molecule has 1 saturated carbocycles. The van der Waals surface area contributed by atoms with Crippen molar-refractivity contribution in [3.63, 3.8) is 0 Å². The highest BCUT2D eigenvalue weighted by Gasteiger charge is 2.21. The number of rotatable bonds is 6. The van der Waals surface area contributed by atoms with E-state index < -0.39 is 12.0 Å². The number of hydrogen-bond donors (Lipinski definition) is 2. The largest absolute Gasteiger partial charge is 0.481 e. The average molecular weight is 304 g/mol. The molecule has 0 heterocycles. The summed E-state index contributed by atoms with van der Waals surface area (Å²) in [5, 5.41) is 2.94. The number of anilines is 1. The van der Waals surface area contributed by atoms with Gasteiger partial charge in [-0.05, 0) is 43.5 Å². The van der Waals surface area contributed by atoms with Crippen LogP contribution in [0, 0.1) is 5.92 Å². The number of amides is 2. The van der Waals surface area contributed by atoms with Crippen molar-refractivity contribution in [2.24, 2.45) is 11.7 Å². The first-order valence-corrected chi connectivity index (χ1v) is 7.97. The van der Waals surface area contributed by atoms with Crippen molar-refractivity contribution in [1.29, 1.82) is 0 Å². The molecule has 1 atom stereocenters. The molecule has 3 N–H and O–H groups in total. The highest BCUT2D eigenvalue weighted by molar-refractivity contribution is 5.92. The van der Waals surface area contributed by atoms with E-state index in [-0.39, 0.29) is 11.8 Å². The second-order valence-corrected chi connectivity index (χ2v) is 5.77. The van der Waals surface area contributed by atoms with E-state index in [2.05, 4.69) is 5.32 Å². The first-order chi connectivity index (χ1) is 10.6. The number of carbonyl (C=O) groups is 2. The van der Waals surface area contributed by atoms with Gasteiger partial charge in [-0.3, -0.25) is 9.59 Å². The van der Waals surface area contributed by atoms with Crippen LogP contribution in [0.5, 0.6) is 5.75 Å². The third kappa shape index (κ3) is 4.48. The Kier molecular flexibility index (Phi) is 5.81. The second-order valence-electron chi connectivity index (χ2n) is 5.77. The minimum absolute atomic E-state index is 0.0944. The summed E-state index contributed by atoms with van der Waals surface area (Å²) >= 11 is 0. The van der Waals surface area contributed by atoms with Crippen LogP contribution in [0.4, 0.5) is 5.69 Å². The lowest BCUT2D eigenvalue weighted by molar-refractivity contribution is -0.124. The molecule has 0 aliphatic heterocycles. The fourth-order valence-corrected chi connectivity index (χ4v) is 2.73. The minimum atomic E-state index is -0.623. The van der Waals surface area contributed by atoms with Gasteiger partial charge < -0.3 is 15.8 Å². The van der Waals surface area contributed by atoms with Crippen molar-refractivity contribution < 1.29 is 14.3 Å². The van der Waals surface area contributed by atoms with Crippen molar-refractivity contribution in [1.82, 2.24) is 0 Å². The zero-order valence-electron chi connectivity index (χ0n) is 13.0. The molecule has 1 aliphatic rings. The van der Waals surface area contributed by atoms with Crippen LogP contribution in [0.2, 0.25) is 0 Å². The van der Waals surface area contributed by atoms with Crippen molar-refractivity contribution in [2.45, 2.75) is 51.6 Å². The topological polar surface area (TPSA) is 81.4 Å². The fraction of sp³-hybridized carbons (Fsp3) is 0.529. The Morgan fingerprint density at radius 2 is 1.86 bits per heavy atom. The zero-order valence-corrected chi connectivity index (χ0v) is 13.0. The van der Waals surface area contributed by atoms with Gasteiger partial charge in [0.25, 0.3) is 5.91 Å². The van der Waals surface area contributed by atoms with Gasteiger partial charge in [-0.25, -0.2) is 0 Å². The molecule has 0 radical (unpaired) electrons. The summed E-state index contributed by atoms with van der Waals surface area (Å²) in [6, 6.07) is 7.04. The molecule has 1 aromatic rings. The van der Waals surface area contributed by atoms with Crippen molar-refractivity contribution in [2.75, 3.05) is 5.32 Å². The standard InChI is InChI=1S/C17H24N2O3/c1-2-15(16(18)20)22-14-10-8-13(9-11-14)19-17(21)12-6-4-3-5-7-12/h8-12,15H,2-7H2,1H3,(H2,18,20)(H,19,21)/t15-/m0/s1. The maximum atomic E-state index is 12.2. The quantitative estimate of drug-likeness (QED) is 0.848. The fourth-order valence-electron chi connectivity index (χ4n) is 2.73. The third-order valence-corrected chi connectivity index (χ3v) is 4.06. The summed E-state index contributed by atoms with van der Waals surface area (Å²) < 4.78 is 5.51. The number of benzene rings is 1. The van der Waals surface area contributed by atoms with E-state index in [1.165, 1.54) is 6.42 Å². The molecule has 2 amide bonds. The van der Waals surface area contributed by atoms with Crippen LogP contribution in [-0.2, 0) is 9.59 Å². The van der Waals surface area contributed by atoms with Crippen LogP contribution in [0.3, 0.4) is 0 Å². The molecule has 1 fully saturated rings. The van der Waals surface area contributed by atoms with Gasteiger partial charge in [-0.15, -0.1) is 0 Å². The third-order valence-electron chi connectivity index (χ3n) is 4.06. The van der Waals surface area contributed by atoms with E-state index in [1.54, 1.807) is 24.3 Å². The normalized spacial score (nSPS) is 16.8. The Morgan fingerprint density at radius 3 is 2.41 bits per heavy atom. The molecule has 1 aliphatic carbocycles. The van der Waals surface area contributed by atoms with Gasteiger partial charge in [-0.1, -0.05) is 26.2 Å². The van der Waals surface area contributed by atoms with Crippen LogP contribution in [0.15, 0.2) is 24.3 Å². The molecule has 5 heteroatoms. The van der Waals surface area contributed by atoms with Gasteiger partial charge in [0, 0.05) is 11.6 Å². The Morgan fingerprint density at radius 1 is 1.23 bits per heavy atom. The summed E-state index contributed by atoms with van der Waals surface area (Å²) in [4.78, 5) is 23.3. The van der Waals surface area contributed by atoms with Crippen LogP contribution >= 0.6 is 0 Å².